The van der Waals surface area contributed by atoms with Crippen LogP contribution in [-0.4, -0.2) is 136 Å². The molecule has 0 radical (unpaired) electrons. The third-order valence-electron chi connectivity index (χ3n) is 11.8. The Hall–Kier alpha value is -3.66. The molecule has 1 N–H and O–H groups in total. The van der Waals surface area contributed by atoms with Crippen LogP contribution < -0.4 is 0 Å². The lowest BCUT2D eigenvalue weighted by molar-refractivity contribution is -0.145. The van der Waals surface area contributed by atoms with Crippen LogP contribution in [0.5, 0.6) is 0 Å². The van der Waals surface area contributed by atoms with Crippen molar-refractivity contribution in [3.05, 3.63) is 0 Å². The summed E-state index contributed by atoms with van der Waals surface area (Å²) >= 11 is 0. The molecule has 0 amide bonds. The fourth-order valence-electron chi connectivity index (χ4n) is 7.51. The molecule has 0 heterocycles. The van der Waals surface area contributed by atoms with Crippen LogP contribution in [-0.2, 0) is 52.3 Å². The van der Waals surface area contributed by atoms with E-state index in [4.69, 9.17) is 38.3 Å². The van der Waals surface area contributed by atoms with Gasteiger partial charge in [-0.05, 0) is 83.7 Å². The number of aliphatic carboxylic acids is 1. The minimum atomic E-state index is -0.944. The molecule has 0 spiro atoms. The lowest BCUT2D eigenvalue weighted by Crippen LogP contribution is -2.39. The van der Waals surface area contributed by atoms with Crippen LogP contribution in [0.1, 0.15) is 214 Å². The number of ether oxygens (including phenoxy) is 7. The van der Waals surface area contributed by atoms with E-state index in [1.165, 1.54) is 38.5 Å². The van der Waals surface area contributed by atoms with Crippen molar-refractivity contribution in [2.75, 3.05) is 72.3 Å². The first-order chi connectivity index (χ1) is 33.0. The molecule has 0 fully saturated rings. The third-order valence-corrected chi connectivity index (χ3v) is 11.8. The Kier molecular flexibility index (Phi) is 44.5. The first-order valence-corrected chi connectivity index (χ1v) is 26.8. The summed E-state index contributed by atoms with van der Waals surface area (Å²) in [5, 5.41) is 9.13. The molecule has 1 atom stereocenters. The predicted octanol–water partition coefficient (Wildman–Crippen LogP) is 11.4. The molecule has 0 aromatic carbocycles. The maximum Gasteiger partial charge on any atom is 0.508 e. The molecule has 398 valence electrons. The van der Waals surface area contributed by atoms with Crippen molar-refractivity contribution in [2.24, 2.45) is 0 Å². The zero-order valence-corrected chi connectivity index (χ0v) is 43.4. The second-order valence-corrected chi connectivity index (χ2v) is 17.8. The highest BCUT2D eigenvalue weighted by molar-refractivity contribution is 5.70. The van der Waals surface area contributed by atoms with Gasteiger partial charge in [0, 0.05) is 51.9 Å². The number of rotatable bonds is 48. The highest BCUT2D eigenvalue weighted by Crippen LogP contribution is 2.17. The van der Waals surface area contributed by atoms with Gasteiger partial charge in [-0.15, -0.1) is 0 Å². The van der Waals surface area contributed by atoms with Gasteiger partial charge in [-0.25, -0.2) is 9.59 Å². The smallest absolute Gasteiger partial charge is 0.481 e. The molecule has 0 aromatic heterocycles. The fourth-order valence-corrected chi connectivity index (χ4v) is 7.51. The summed E-state index contributed by atoms with van der Waals surface area (Å²) in [7, 11) is 0. The molecule has 0 rings (SSSR count). The third kappa shape index (κ3) is 42.4. The van der Waals surface area contributed by atoms with Crippen molar-refractivity contribution >= 4 is 36.2 Å². The number of unbranched alkanes of at least 4 members (excludes halogenated alkanes) is 13. The van der Waals surface area contributed by atoms with Crippen LogP contribution in [0.25, 0.3) is 0 Å². The van der Waals surface area contributed by atoms with E-state index in [1.807, 2.05) is 4.90 Å². The number of nitrogens with zero attached hydrogens (tertiary/aromatic N) is 2. The molecular weight excluding hydrogens is 877 g/mol. The van der Waals surface area contributed by atoms with Gasteiger partial charge in [-0.2, -0.15) is 0 Å². The maximum absolute atomic E-state index is 13.0. The molecule has 68 heavy (non-hydrogen) atoms. The summed E-state index contributed by atoms with van der Waals surface area (Å²) < 4.78 is 38.5. The predicted molar refractivity (Wildman–Crippen MR) is 263 cm³/mol. The van der Waals surface area contributed by atoms with Gasteiger partial charge in [0.1, 0.15) is 25.4 Å². The Morgan fingerprint density at radius 2 is 0.691 bits per heavy atom. The lowest BCUT2D eigenvalue weighted by Gasteiger charge is -2.26. The van der Waals surface area contributed by atoms with E-state index < -0.39 is 30.5 Å². The Morgan fingerprint density at radius 3 is 1.04 bits per heavy atom. The van der Waals surface area contributed by atoms with Crippen molar-refractivity contribution in [1.29, 1.82) is 0 Å². The van der Waals surface area contributed by atoms with E-state index in [2.05, 4.69) is 39.5 Å². The van der Waals surface area contributed by atoms with Crippen molar-refractivity contribution in [3.63, 3.8) is 0 Å². The molecule has 16 heteroatoms. The van der Waals surface area contributed by atoms with Crippen molar-refractivity contribution in [2.45, 2.75) is 227 Å². The Bertz CT molecular complexity index is 1230. The summed E-state index contributed by atoms with van der Waals surface area (Å²) in [5.74, 6) is -1.81. The number of esters is 3. The average molecular weight is 973 g/mol. The van der Waals surface area contributed by atoms with Gasteiger partial charge in [0.05, 0.1) is 19.8 Å². The van der Waals surface area contributed by atoms with Crippen LogP contribution in [0.4, 0.5) is 9.59 Å². The van der Waals surface area contributed by atoms with Crippen molar-refractivity contribution < 1.29 is 67.0 Å². The van der Waals surface area contributed by atoms with Gasteiger partial charge >= 0.3 is 36.2 Å². The van der Waals surface area contributed by atoms with Gasteiger partial charge in [0.2, 0.25) is 0 Å². The molecule has 1 unspecified atom stereocenters. The summed E-state index contributed by atoms with van der Waals surface area (Å²) in [4.78, 5) is 78.4. The minimum Gasteiger partial charge on any atom is -0.481 e. The molecule has 0 aromatic rings. The average Bonchev–Trinajstić information content (AvgIpc) is 3.30. The number of carbonyl (C=O) groups excluding carboxylic acids is 5. The normalized spacial score (nSPS) is 11.7. The molecular formula is C52H96N2O14. The quantitative estimate of drug-likeness (QED) is 0.0343. The number of likely N-dealkylation sites (N-methyl/N-ethyl adjacent to an activating group) is 1. The topological polar surface area (TPSA) is 194 Å². The number of carboxylic acid groups (broad SMARTS) is 1. The number of carbonyl (C=O) groups is 6. The minimum absolute atomic E-state index is 0.00140. The van der Waals surface area contributed by atoms with Crippen LogP contribution in [0.15, 0.2) is 0 Å². The number of hydrogen-bond acceptors (Lipinski definition) is 15. The summed E-state index contributed by atoms with van der Waals surface area (Å²) in [6.07, 6.45) is 17.9. The molecule has 0 saturated carbocycles. The van der Waals surface area contributed by atoms with Gasteiger partial charge in [-0.1, -0.05) is 118 Å². The Balaban J connectivity index is 5.25. The Labute approximate surface area is 410 Å². The van der Waals surface area contributed by atoms with Gasteiger partial charge < -0.3 is 43.2 Å². The van der Waals surface area contributed by atoms with E-state index in [0.717, 1.165) is 83.8 Å². The lowest BCUT2D eigenvalue weighted by atomic mass is 10.1. The van der Waals surface area contributed by atoms with E-state index in [-0.39, 0.29) is 56.8 Å². The van der Waals surface area contributed by atoms with Gasteiger partial charge in [0.25, 0.3) is 0 Å². The van der Waals surface area contributed by atoms with Crippen LogP contribution in [0.3, 0.4) is 0 Å². The SMILES string of the molecule is CCCCCCCCOC(=O)CCCC(CCCC(=O)OCCCCCCCC)OC(=O)OCCN(CCOC(=O)OC(CCCC(=O)O)CCCC(=O)OCCCCCC)CCN(CC)CC. The molecule has 16 nitrogen and oxygen atoms in total. The van der Waals surface area contributed by atoms with Crippen molar-refractivity contribution in [3.8, 4) is 0 Å². The summed E-state index contributed by atoms with van der Waals surface area (Å²) in [6, 6.07) is 0. The molecule has 0 saturated heterocycles. The number of hydrogen-bond donors (Lipinski definition) is 1. The highest BCUT2D eigenvalue weighted by atomic mass is 16.7. The molecule has 0 bridgehead atoms. The first kappa shape index (κ1) is 64.3. The summed E-state index contributed by atoms with van der Waals surface area (Å²) in [5.41, 5.74) is 0. The van der Waals surface area contributed by atoms with Crippen LogP contribution in [0.2, 0.25) is 0 Å². The molecule has 0 aliphatic heterocycles. The van der Waals surface area contributed by atoms with Gasteiger partial charge in [-0.3, -0.25) is 24.1 Å². The monoisotopic (exact) mass is 973 g/mol. The van der Waals surface area contributed by atoms with Crippen molar-refractivity contribution in [1.82, 2.24) is 9.80 Å². The van der Waals surface area contributed by atoms with E-state index in [0.29, 0.717) is 90.8 Å². The largest absolute Gasteiger partial charge is 0.508 e. The van der Waals surface area contributed by atoms with E-state index >= 15 is 0 Å². The first-order valence-electron chi connectivity index (χ1n) is 26.8. The highest BCUT2D eigenvalue weighted by Gasteiger charge is 2.20. The standard InChI is InChI=1S/C52H96N2O14/c1-6-11-14-17-19-22-41-63-49(58)34-26-30-46(31-27-35-50(59)64-42-23-20-18-15-12-7-2)68-52(61)66-44-39-54(37-36-53(9-4)10-5)38-43-65-51(60)67-45(28-24-32-47(55)56)29-25-33-48(57)62-40-21-16-13-8-3/h45-46H,6-44H2,1-5H3,(H,55,56). The van der Waals surface area contributed by atoms with Gasteiger partial charge in [0.15, 0.2) is 0 Å². The second-order valence-electron chi connectivity index (χ2n) is 17.8. The Morgan fingerprint density at radius 1 is 0.368 bits per heavy atom. The number of carboxylic acids is 1. The van der Waals surface area contributed by atoms with Crippen LogP contribution in [0, 0.1) is 0 Å². The zero-order valence-electron chi connectivity index (χ0n) is 43.4. The fraction of sp³-hybridized carbons (Fsp3) is 0.885. The van der Waals surface area contributed by atoms with E-state index in [9.17, 15) is 28.8 Å². The second kappa shape index (κ2) is 47.0. The van der Waals surface area contributed by atoms with Crippen LogP contribution >= 0.6 is 0 Å². The molecule has 0 aliphatic rings. The maximum atomic E-state index is 13.0. The van der Waals surface area contributed by atoms with E-state index in [1.54, 1.807) is 0 Å². The molecule has 0 aliphatic carbocycles. The summed E-state index contributed by atoms with van der Waals surface area (Å²) in [6.45, 7) is 15.5. The zero-order chi connectivity index (χ0) is 50.3.